The average molecular weight is 298 g/mol. The second-order valence-electron chi connectivity index (χ2n) is 6.43. The molecule has 3 N–H and O–H groups in total. The van der Waals surface area contributed by atoms with Gasteiger partial charge < -0.3 is 15.7 Å². The fraction of sp³-hybridized carbons (Fsp3) is 0.278. The van der Waals surface area contributed by atoms with E-state index in [2.05, 4.69) is 10.6 Å². The molecule has 0 radical (unpaired) electrons. The first-order valence-electron chi connectivity index (χ1n) is 7.24. The number of carbonyl (C=O) groups excluding carboxylic acids is 1. The number of rotatable bonds is 3. The maximum absolute atomic E-state index is 12.2. The molecule has 0 saturated heterocycles. The third kappa shape index (κ3) is 4.25. The standard InChI is InChI=1S/C18H22N2O2/c1-12-5-7-13(8-6-12)17(22)19-15-10-9-14(11-16(15)21)20-18(2,3)4/h5-11,20-21H,1-4H3,(H,19,22). The minimum absolute atomic E-state index is 0.0368. The van der Waals surface area contributed by atoms with Crippen molar-refractivity contribution < 1.29 is 9.90 Å². The van der Waals surface area contributed by atoms with Gasteiger partial charge in [-0.2, -0.15) is 0 Å². The van der Waals surface area contributed by atoms with Crippen LogP contribution in [0.5, 0.6) is 5.75 Å². The van der Waals surface area contributed by atoms with E-state index in [4.69, 9.17) is 0 Å². The second-order valence-corrected chi connectivity index (χ2v) is 6.43. The largest absolute Gasteiger partial charge is 0.506 e. The van der Waals surface area contributed by atoms with Crippen LogP contribution in [0.4, 0.5) is 11.4 Å². The van der Waals surface area contributed by atoms with Gasteiger partial charge in [-0.15, -0.1) is 0 Å². The Labute approximate surface area is 131 Å². The summed E-state index contributed by atoms with van der Waals surface area (Å²) >= 11 is 0. The fourth-order valence-electron chi connectivity index (χ4n) is 2.05. The molecule has 0 fully saturated rings. The first-order chi connectivity index (χ1) is 10.2. The van der Waals surface area contributed by atoms with Gasteiger partial charge in [-0.1, -0.05) is 17.7 Å². The Morgan fingerprint density at radius 1 is 1.05 bits per heavy atom. The van der Waals surface area contributed by atoms with Crippen molar-refractivity contribution in [3.8, 4) is 5.75 Å². The first kappa shape index (κ1) is 15.9. The van der Waals surface area contributed by atoms with Gasteiger partial charge in [0, 0.05) is 22.9 Å². The van der Waals surface area contributed by atoms with Gasteiger partial charge in [-0.3, -0.25) is 4.79 Å². The van der Waals surface area contributed by atoms with Crippen molar-refractivity contribution >= 4 is 17.3 Å². The van der Waals surface area contributed by atoms with Crippen LogP contribution in [-0.2, 0) is 0 Å². The lowest BCUT2D eigenvalue weighted by molar-refractivity contribution is 0.102. The molecule has 0 saturated carbocycles. The number of phenolic OH excluding ortho intramolecular Hbond substituents is 1. The van der Waals surface area contributed by atoms with E-state index in [1.165, 1.54) is 0 Å². The highest BCUT2D eigenvalue weighted by Gasteiger charge is 2.12. The van der Waals surface area contributed by atoms with Crippen molar-refractivity contribution in [2.24, 2.45) is 0 Å². The van der Waals surface area contributed by atoms with Crippen LogP contribution in [0.2, 0.25) is 0 Å². The zero-order chi connectivity index (χ0) is 16.3. The van der Waals surface area contributed by atoms with E-state index in [1.54, 1.807) is 24.3 Å². The van der Waals surface area contributed by atoms with E-state index >= 15 is 0 Å². The summed E-state index contributed by atoms with van der Waals surface area (Å²) < 4.78 is 0. The lowest BCUT2D eigenvalue weighted by atomic mass is 10.1. The third-order valence-corrected chi connectivity index (χ3v) is 3.08. The van der Waals surface area contributed by atoms with Crippen LogP contribution < -0.4 is 10.6 Å². The molecule has 22 heavy (non-hydrogen) atoms. The molecular weight excluding hydrogens is 276 g/mol. The predicted octanol–water partition coefficient (Wildman–Crippen LogP) is 4.16. The lowest BCUT2D eigenvalue weighted by Crippen LogP contribution is -2.25. The van der Waals surface area contributed by atoms with Gasteiger partial charge in [0.15, 0.2) is 0 Å². The highest BCUT2D eigenvalue weighted by molar-refractivity contribution is 6.05. The summed E-state index contributed by atoms with van der Waals surface area (Å²) in [6.45, 7) is 8.08. The number of phenols is 1. The van der Waals surface area contributed by atoms with E-state index in [0.717, 1.165) is 11.3 Å². The molecule has 2 aromatic rings. The molecule has 116 valence electrons. The number of benzene rings is 2. The van der Waals surface area contributed by atoms with Crippen LogP contribution in [-0.4, -0.2) is 16.6 Å². The molecule has 0 aromatic heterocycles. The van der Waals surface area contributed by atoms with Crippen molar-refractivity contribution in [2.45, 2.75) is 33.2 Å². The van der Waals surface area contributed by atoms with Gasteiger partial charge in [0.2, 0.25) is 0 Å². The Balaban J connectivity index is 2.13. The van der Waals surface area contributed by atoms with E-state index in [1.807, 2.05) is 45.9 Å². The normalized spacial score (nSPS) is 11.1. The number of nitrogens with one attached hydrogen (secondary N) is 2. The number of hydrogen-bond acceptors (Lipinski definition) is 3. The number of aryl methyl sites for hydroxylation is 1. The molecule has 2 aromatic carbocycles. The molecule has 4 nitrogen and oxygen atoms in total. The first-order valence-corrected chi connectivity index (χ1v) is 7.24. The van der Waals surface area contributed by atoms with Gasteiger partial charge in [-0.05, 0) is 52.0 Å². The molecule has 0 heterocycles. The summed E-state index contributed by atoms with van der Waals surface area (Å²) in [6.07, 6.45) is 0. The van der Waals surface area contributed by atoms with Crippen molar-refractivity contribution in [3.05, 3.63) is 53.6 Å². The van der Waals surface area contributed by atoms with Crippen LogP contribution in [0.3, 0.4) is 0 Å². The van der Waals surface area contributed by atoms with Crippen LogP contribution in [0.25, 0.3) is 0 Å². The van der Waals surface area contributed by atoms with Gasteiger partial charge in [0.05, 0.1) is 5.69 Å². The SMILES string of the molecule is Cc1ccc(C(=O)Nc2ccc(NC(C)(C)C)cc2O)cc1. The molecular formula is C18H22N2O2. The Morgan fingerprint density at radius 3 is 2.23 bits per heavy atom. The number of hydrogen-bond donors (Lipinski definition) is 3. The highest BCUT2D eigenvalue weighted by Crippen LogP contribution is 2.28. The highest BCUT2D eigenvalue weighted by atomic mass is 16.3. The maximum Gasteiger partial charge on any atom is 0.255 e. The number of carbonyl (C=O) groups is 1. The predicted molar refractivity (Wildman–Crippen MR) is 90.6 cm³/mol. The molecule has 0 aliphatic heterocycles. The van der Waals surface area contributed by atoms with E-state index in [-0.39, 0.29) is 17.2 Å². The summed E-state index contributed by atoms with van der Waals surface area (Å²) in [5.74, 6) is -0.207. The zero-order valence-electron chi connectivity index (χ0n) is 13.4. The monoisotopic (exact) mass is 298 g/mol. The Bertz CT molecular complexity index is 670. The number of amides is 1. The van der Waals surface area contributed by atoms with Crippen LogP contribution in [0, 0.1) is 6.92 Å². The molecule has 0 bridgehead atoms. The molecule has 4 heteroatoms. The average Bonchev–Trinajstić information content (AvgIpc) is 2.40. The molecule has 0 aliphatic carbocycles. The molecule has 1 amide bonds. The van der Waals surface area contributed by atoms with Gasteiger partial charge in [0.25, 0.3) is 5.91 Å². The van der Waals surface area contributed by atoms with Crippen molar-refractivity contribution in [3.63, 3.8) is 0 Å². The Hall–Kier alpha value is -2.49. The zero-order valence-corrected chi connectivity index (χ0v) is 13.4. The van der Waals surface area contributed by atoms with Gasteiger partial charge >= 0.3 is 0 Å². The lowest BCUT2D eigenvalue weighted by Gasteiger charge is -2.22. The quantitative estimate of drug-likeness (QED) is 0.745. The minimum atomic E-state index is -0.244. The summed E-state index contributed by atoms with van der Waals surface area (Å²) in [5.41, 5.74) is 2.75. The van der Waals surface area contributed by atoms with Crippen LogP contribution >= 0.6 is 0 Å². The number of anilines is 2. The summed E-state index contributed by atoms with van der Waals surface area (Å²) in [4.78, 5) is 12.2. The van der Waals surface area contributed by atoms with Gasteiger partial charge in [-0.25, -0.2) is 0 Å². The molecule has 0 unspecified atom stereocenters. The fourth-order valence-corrected chi connectivity index (χ4v) is 2.05. The summed E-state index contributed by atoms with van der Waals surface area (Å²) in [6, 6.07) is 12.4. The molecule has 0 spiro atoms. The molecule has 0 aliphatic rings. The van der Waals surface area contributed by atoms with E-state index in [0.29, 0.717) is 11.3 Å². The molecule has 0 atom stereocenters. The van der Waals surface area contributed by atoms with Gasteiger partial charge in [0.1, 0.15) is 5.75 Å². The second kappa shape index (κ2) is 6.10. The topological polar surface area (TPSA) is 61.4 Å². The van der Waals surface area contributed by atoms with Crippen molar-refractivity contribution in [2.75, 3.05) is 10.6 Å². The summed E-state index contributed by atoms with van der Waals surface area (Å²) in [7, 11) is 0. The van der Waals surface area contributed by atoms with Crippen molar-refractivity contribution in [1.29, 1.82) is 0 Å². The smallest absolute Gasteiger partial charge is 0.255 e. The van der Waals surface area contributed by atoms with Crippen LogP contribution in [0.1, 0.15) is 36.7 Å². The van der Waals surface area contributed by atoms with E-state index in [9.17, 15) is 9.90 Å². The minimum Gasteiger partial charge on any atom is -0.506 e. The summed E-state index contributed by atoms with van der Waals surface area (Å²) in [5, 5.41) is 16.1. The molecule has 2 rings (SSSR count). The Kier molecular flexibility index (Phi) is 4.40. The third-order valence-electron chi connectivity index (χ3n) is 3.08. The van der Waals surface area contributed by atoms with Crippen LogP contribution in [0.15, 0.2) is 42.5 Å². The van der Waals surface area contributed by atoms with Crippen molar-refractivity contribution in [1.82, 2.24) is 0 Å². The maximum atomic E-state index is 12.2. The van der Waals surface area contributed by atoms with E-state index < -0.39 is 0 Å². The number of aromatic hydroxyl groups is 1. The Morgan fingerprint density at radius 2 is 1.68 bits per heavy atom.